The summed E-state index contributed by atoms with van der Waals surface area (Å²) in [5.41, 5.74) is 6.14. The van der Waals surface area contributed by atoms with Crippen LogP contribution in [0.25, 0.3) is 0 Å². The van der Waals surface area contributed by atoms with Gasteiger partial charge in [0.15, 0.2) is 37.6 Å². The van der Waals surface area contributed by atoms with Gasteiger partial charge in [-0.3, -0.25) is 9.59 Å². The molecule has 4 N–H and O–H groups in total. The quantitative estimate of drug-likeness (QED) is 0.331. The molecular formula is C21H21BrN4O6S2. The molecule has 10 nitrogen and oxygen atoms in total. The van der Waals surface area contributed by atoms with Crippen molar-refractivity contribution in [3.05, 3.63) is 58.0 Å². The summed E-state index contributed by atoms with van der Waals surface area (Å²) in [5.74, 6) is 0.122. The molecule has 13 heteroatoms. The Labute approximate surface area is 208 Å². The fraction of sp³-hybridized carbons (Fsp3) is 0.190. The monoisotopic (exact) mass is 568 g/mol. The fourth-order valence-electron chi connectivity index (χ4n) is 2.73. The van der Waals surface area contributed by atoms with Crippen LogP contribution in [0.15, 0.2) is 52.3 Å². The highest BCUT2D eigenvalue weighted by molar-refractivity contribution is 9.11. The predicted octanol–water partition coefficient (Wildman–Crippen LogP) is 3.68. The summed E-state index contributed by atoms with van der Waals surface area (Å²) in [4.78, 5) is 28.9. The van der Waals surface area contributed by atoms with E-state index in [-0.39, 0.29) is 10.8 Å². The number of carbonyl (C=O) groups is 2. The minimum atomic E-state index is -3.58. The van der Waals surface area contributed by atoms with E-state index in [1.807, 2.05) is 0 Å². The molecule has 0 spiro atoms. The zero-order valence-corrected chi connectivity index (χ0v) is 21.3. The van der Waals surface area contributed by atoms with Crippen LogP contribution in [0.1, 0.15) is 17.5 Å². The Morgan fingerprint density at radius 2 is 1.65 bits per heavy atom. The third-order valence-electron chi connectivity index (χ3n) is 4.36. The summed E-state index contributed by atoms with van der Waals surface area (Å²) in [6.07, 6.45) is 0.481. The van der Waals surface area contributed by atoms with Crippen LogP contribution in [-0.2, 0) is 19.4 Å². The average molecular weight is 569 g/mol. The van der Waals surface area contributed by atoms with Crippen LogP contribution in [0.5, 0.6) is 17.2 Å². The number of thiazole rings is 1. The molecule has 0 aliphatic carbocycles. The lowest BCUT2D eigenvalue weighted by Gasteiger charge is -2.14. The number of anilines is 2. The second-order valence-electron chi connectivity index (χ2n) is 6.95. The molecule has 180 valence electrons. The molecule has 2 aromatic carbocycles. The van der Waals surface area contributed by atoms with Crippen molar-refractivity contribution in [3.8, 4) is 17.2 Å². The van der Waals surface area contributed by atoms with Gasteiger partial charge in [-0.1, -0.05) is 35.6 Å². The van der Waals surface area contributed by atoms with Crippen molar-refractivity contribution < 1.29 is 27.5 Å². The first kappa shape index (κ1) is 25.6. The zero-order chi connectivity index (χ0) is 24.9. The first-order chi connectivity index (χ1) is 16.1. The number of aromatic nitrogens is 1. The summed E-state index contributed by atoms with van der Waals surface area (Å²) in [5, 5.41) is 3.89. The van der Waals surface area contributed by atoms with E-state index in [1.165, 1.54) is 7.11 Å². The van der Waals surface area contributed by atoms with Crippen molar-refractivity contribution in [3.63, 3.8) is 0 Å². The van der Waals surface area contributed by atoms with Crippen molar-refractivity contribution >= 4 is 59.7 Å². The van der Waals surface area contributed by atoms with Gasteiger partial charge in [0.05, 0.1) is 16.6 Å². The Bertz CT molecular complexity index is 1310. The number of nitrogens with zero attached hydrogens (tertiary/aromatic N) is 1. The van der Waals surface area contributed by atoms with Gasteiger partial charge >= 0.3 is 0 Å². The number of ether oxygens (including phenoxy) is 2. The number of hydrogen-bond acceptors (Lipinski definition) is 9. The molecule has 0 aliphatic heterocycles. The molecule has 2 amide bonds. The normalized spacial score (nSPS) is 12.0. The standard InChI is InChI=1S/C21H21BrN4O6S2/c1-31-14-9-5-6-10-15(14)32-13-8-4-3-7-12(13)24-16(27)11-17(28)25-21-26-18(19(22)33-21)20(23)34(2,29)30/h3-10,20H,11,23H2,1-2H3,(H,24,27)(H,25,26,28). The number of carbonyl (C=O) groups excluding carboxylic acids is 2. The van der Waals surface area contributed by atoms with Crippen molar-refractivity contribution in [2.45, 2.75) is 11.8 Å². The van der Waals surface area contributed by atoms with Crippen LogP contribution in [0.4, 0.5) is 10.8 Å². The first-order valence-corrected chi connectivity index (χ1v) is 13.2. The highest BCUT2D eigenvalue weighted by Crippen LogP contribution is 2.35. The van der Waals surface area contributed by atoms with E-state index in [0.717, 1.165) is 17.6 Å². The number of amides is 2. The Kier molecular flexibility index (Phi) is 8.25. The number of para-hydroxylation sites is 4. The third kappa shape index (κ3) is 6.53. The Balaban J connectivity index is 1.65. The highest BCUT2D eigenvalue weighted by Gasteiger charge is 2.25. The maximum atomic E-state index is 12.5. The second-order valence-corrected chi connectivity index (χ2v) is 11.4. The summed E-state index contributed by atoms with van der Waals surface area (Å²) in [6, 6.07) is 13.8. The Morgan fingerprint density at radius 3 is 2.29 bits per heavy atom. The van der Waals surface area contributed by atoms with Crippen LogP contribution in [0, 0.1) is 0 Å². The van der Waals surface area contributed by atoms with Crippen LogP contribution >= 0.6 is 27.3 Å². The Morgan fingerprint density at radius 1 is 1.06 bits per heavy atom. The topological polar surface area (TPSA) is 150 Å². The zero-order valence-electron chi connectivity index (χ0n) is 18.1. The van der Waals surface area contributed by atoms with E-state index < -0.39 is 33.4 Å². The number of sulfone groups is 1. The number of halogens is 1. The second kappa shape index (κ2) is 11.0. The molecule has 0 aliphatic rings. The molecule has 3 rings (SSSR count). The number of nitrogens with two attached hydrogens (primary N) is 1. The van der Waals surface area contributed by atoms with Gasteiger partial charge in [-0.2, -0.15) is 0 Å². The number of rotatable bonds is 9. The molecule has 0 fully saturated rings. The summed E-state index contributed by atoms with van der Waals surface area (Å²) in [6.45, 7) is 0. The van der Waals surface area contributed by atoms with E-state index in [1.54, 1.807) is 48.5 Å². The van der Waals surface area contributed by atoms with Crippen LogP contribution < -0.4 is 25.8 Å². The molecule has 0 bridgehead atoms. The van der Waals surface area contributed by atoms with Gasteiger partial charge in [-0.25, -0.2) is 13.4 Å². The summed E-state index contributed by atoms with van der Waals surface area (Å²) < 4.78 is 34.9. The van der Waals surface area contributed by atoms with Crippen molar-refractivity contribution in [2.75, 3.05) is 24.0 Å². The smallest absolute Gasteiger partial charge is 0.235 e. The molecule has 0 saturated heterocycles. The molecular weight excluding hydrogens is 548 g/mol. The number of nitrogens with one attached hydrogen (secondary N) is 2. The first-order valence-electron chi connectivity index (χ1n) is 9.68. The maximum Gasteiger partial charge on any atom is 0.235 e. The summed E-state index contributed by atoms with van der Waals surface area (Å²) >= 11 is 4.19. The number of methoxy groups -OCH3 is 1. The van der Waals surface area contributed by atoms with Crippen LogP contribution in [0.2, 0.25) is 0 Å². The molecule has 1 aromatic heterocycles. The van der Waals surface area contributed by atoms with E-state index in [0.29, 0.717) is 26.7 Å². The van der Waals surface area contributed by atoms with Gasteiger partial charge in [-0.05, 0) is 40.2 Å². The highest BCUT2D eigenvalue weighted by atomic mass is 79.9. The van der Waals surface area contributed by atoms with Gasteiger partial charge in [0.25, 0.3) is 0 Å². The van der Waals surface area contributed by atoms with E-state index in [9.17, 15) is 18.0 Å². The van der Waals surface area contributed by atoms with Gasteiger partial charge in [0, 0.05) is 6.26 Å². The minimum absolute atomic E-state index is 0.0784. The van der Waals surface area contributed by atoms with Crippen molar-refractivity contribution in [2.24, 2.45) is 5.73 Å². The minimum Gasteiger partial charge on any atom is -0.493 e. The van der Waals surface area contributed by atoms with Crippen LogP contribution in [0.3, 0.4) is 0 Å². The number of hydrogen-bond donors (Lipinski definition) is 3. The van der Waals surface area contributed by atoms with E-state index >= 15 is 0 Å². The lowest BCUT2D eigenvalue weighted by molar-refractivity contribution is -0.123. The van der Waals surface area contributed by atoms with Crippen molar-refractivity contribution in [1.29, 1.82) is 0 Å². The fourth-order valence-corrected chi connectivity index (χ4v) is 5.08. The van der Waals surface area contributed by atoms with E-state index in [4.69, 9.17) is 15.2 Å². The summed E-state index contributed by atoms with van der Waals surface area (Å²) in [7, 11) is -2.06. The molecule has 1 unspecified atom stereocenters. The number of benzene rings is 2. The van der Waals surface area contributed by atoms with Gasteiger partial charge < -0.3 is 25.8 Å². The lowest BCUT2D eigenvalue weighted by Crippen LogP contribution is -2.22. The van der Waals surface area contributed by atoms with Gasteiger partial charge in [0.2, 0.25) is 11.8 Å². The Hall–Kier alpha value is -3.00. The van der Waals surface area contributed by atoms with E-state index in [2.05, 4.69) is 31.5 Å². The third-order valence-corrected chi connectivity index (χ3v) is 7.17. The maximum absolute atomic E-state index is 12.5. The molecule has 1 heterocycles. The molecule has 0 radical (unpaired) electrons. The molecule has 0 saturated carbocycles. The average Bonchev–Trinajstić information content (AvgIpc) is 3.13. The van der Waals surface area contributed by atoms with Gasteiger partial charge in [-0.15, -0.1) is 0 Å². The SMILES string of the molecule is COc1ccccc1Oc1ccccc1NC(=O)CC(=O)Nc1nc(C(N)S(C)(=O)=O)c(Br)s1. The molecule has 34 heavy (non-hydrogen) atoms. The predicted molar refractivity (Wildman–Crippen MR) is 133 cm³/mol. The van der Waals surface area contributed by atoms with Crippen LogP contribution in [-0.4, -0.2) is 38.6 Å². The lowest BCUT2D eigenvalue weighted by atomic mass is 10.2. The molecule has 3 aromatic rings. The van der Waals surface area contributed by atoms with Crippen molar-refractivity contribution in [1.82, 2.24) is 4.98 Å². The molecule has 1 atom stereocenters. The van der Waals surface area contributed by atoms with Gasteiger partial charge in [0.1, 0.15) is 12.1 Å². The largest absolute Gasteiger partial charge is 0.493 e.